The molecule has 7 nitrogen and oxygen atoms in total. The molecule has 0 atom stereocenters. The van der Waals surface area contributed by atoms with Crippen LogP contribution in [0.15, 0.2) is 21.9 Å². The summed E-state index contributed by atoms with van der Waals surface area (Å²) < 4.78 is 1.09. The van der Waals surface area contributed by atoms with Crippen LogP contribution < -0.4 is 11.2 Å². The summed E-state index contributed by atoms with van der Waals surface area (Å²) in [6, 6.07) is 1.65. The van der Waals surface area contributed by atoms with Crippen molar-refractivity contribution in [2.45, 2.75) is 26.8 Å². The second-order valence-electron chi connectivity index (χ2n) is 4.10. The zero-order valence-corrected chi connectivity index (χ0v) is 10.7. The fourth-order valence-electron chi connectivity index (χ4n) is 1.82. The summed E-state index contributed by atoms with van der Waals surface area (Å²) >= 11 is 0. The van der Waals surface area contributed by atoms with Crippen LogP contribution in [-0.2, 0) is 13.0 Å². The molecule has 19 heavy (non-hydrogen) atoms. The molecule has 2 rings (SSSR count). The van der Waals surface area contributed by atoms with Crippen LogP contribution in [0.5, 0.6) is 5.88 Å². The third kappa shape index (κ3) is 2.54. The minimum atomic E-state index is -0.657. The smallest absolute Gasteiger partial charge is 0.331 e. The average Bonchev–Trinajstić information content (AvgIpc) is 2.35. The van der Waals surface area contributed by atoms with Crippen molar-refractivity contribution in [1.82, 2.24) is 19.5 Å². The van der Waals surface area contributed by atoms with E-state index < -0.39 is 11.2 Å². The van der Waals surface area contributed by atoms with Crippen LogP contribution in [0.25, 0.3) is 0 Å². The SMILES string of the molecule is CCc1c(O)n(Cc2ccnc(C)n2)c(=O)[nH]c1=O. The fourth-order valence-corrected chi connectivity index (χ4v) is 1.82. The molecule has 0 aliphatic rings. The molecule has 0 aliphatic heterocycles. The van der Waals surface area contributed by atoms with Gasteiger partial charge in [-0.15, -0.1) is 0 Å². The van der Waals surface area contributed by atoms with Crippen LogP contribution in [0.4, 0.5) is 0 Å². The van der Waals surface area contributed by atoms with Crippen molar-refractivity contribution in [3.63, 3.8) is 0 Å². The number of aromatic hydroxyl groups is 1. The predicted molar refractivity (Wildman–Crippen MR) is 68.2 cm³/mol. The maximum Gasteiger partial charge on any atom is 0.331 e. The number of aromatic nitrogens is 4. The molecule has 0 unspecified atom stereocenters. The Morgan fingerprint density at radius 2 is 2.16 bits per heavy atom. The normalized spacial score (nSPS) is 10.6. The molecule has 0 saturated carbocycles. The molecule has 0 bridgehead atoms. The van der Waals surface area contributed by atoms with Crippen LogP contribution in [0.1, 0.15) is 24.0 Å². The first-order valence-corrected chi connectivity index (χ1v) is 5.86. The highest BCUT2D eigenvalue weighted by atomic mass is 16.3. The van der Waals surface area contributed by atoms with Crippen molar-refractivity contribution in [1.29, 1.82) is 0 Å². The van der Waals surface area contributed by atoms with Crippen LogP contribution in [0, 0.1) is 6.92 Å². The molecule has 0 radical (unpaired) electrons. The Balaban J connectivity index is 2.52. The number of nitrogens with zero attached hydrogens (tertiary/aromatic N) is 3. The minimum Gasteiger partial charge on any atom is -0.494 e. The summed E-state index contributed by atoms with van der Waals surface area (Å²) in [5.74, 6) is 0.262. The lowest BCUT2D eigenvalue weighted by Gasteiger charge is -2.10. The number of aromatic amines is 1. The lowest BCUT2D eigenvalue weighted by atomic mass is 10.2. The topological polar surface area (TPSA) is 101 Å². The highest BCUT2D eigenvalue weighted by molar-refractivity contribution is 5.23. The number of H-pyrrole nitrogens is 1. The van der Waals surface area contributed by atoms with Gasteiger partial charge in [0.15, 0.2) is 0 Å². The van der Waals surface area contributed by atoms with E-state index in [1.54, 1.807) is 26.1 Å². The Labute approximate surface area is 108 Å². The highest BCUT2D eigenvalue weighted by Gasteiger charge is 2.13. The van der Waals surface area contributed by atoms with E-state index >= 15 is 0 Å². The summed E-state index contributed by atoms with van der Waals surface area (Å²) in [6.07, 6.45) is 1.91. The molecule has 2 N–H and O–H groups in total. The number of hydrogen-bond donors (Lipinski definition) is 2. The molecule has 0 spiro atoms. The van der Waals surface area contributed by atoms with Gasteiger partial charge in [-0.2, -0.15) is 0 Å². The monoisotopic (exact) mass is 262 g/mol. The van der Waals surface area contributed by atoms with Gasteiger partial charge < -0.3 is 5.11 Å². The van der Waals surface area contributed by atoms with Crippen LogP contribution in [0.2, 0.25) is 0 Å². The van der Waals surface area contributed by atoms with Crippen LogP contribution >= 0.6 is 0 Å². The molecular weight excluding hydrogens is 248 g/mol. The summed E-state index contributed by atoms with van der Waals surface area (Å²) in [5, 5.41) is 9.98. The van der Waals surface area contributed by atoms with Gasteiger partial charge in [0.05, 0.1) is 17.8 Å². The molecule has 0 aromatic carbocycles. The van der Waals surface area contributed by atoms with E-state index in [-0.39, 0.29) is 18.0 Å². The average molecular weight is 262 g/mol. The van der Waals surface area contributed by atoms with Gasteiger partial charge >= 0.3 is 5.69 Å². The van der Waals surface area contributed by atoms with Crippen molar-refractivity contribution in [3.05, 3.63) is 50.2 Å². The van der Waals surface area contributed by atoms with Crippen molar-refractivity contribution in [2.24, 2.45) is 0 Å². The minimum absolute atomic E-state index is 0.0812. The first-order chi connectivity index (χ1) is 9.02. The van der Waals surface area contributed by atoms with E-state index in [4.69, 9.17) is 0 Å². The number of aryl methyl sites for hydroxylation is 1. The molecule has 7 heteroatoms. The van der Waals surface area contributed by atoms with E-state index in [1.807, 2.05) is 0 Å². The Bertz CT molecular complexity index is 718. The lowest BCUT2D eigenvalue weighted by Crippen LogP contribution is -2.32. The summed E-state index contributed by atoms with van der Waals surface area (Å²) in [5.41, 5.74) is -0.444. The zero-order valence-electron chi connectivity index (χ0n) is 10.7. The fraction of sp³-hybridized carbons (Fsp3) is 0.333. The van der Waals surface area contributed by atoms with Gasteiger partial charge in [0.2, 0.25) is 5.88 Å². The number of rotatable bonds is 3. The Morgan fingerprint density at radius 1 is 1.42 bits per heavy atom. The maximum atomic E-state index is 11.7. The molecule has 0 aliphatic carbocycles. The van der Waals surface area contributed by atoms with Gasteiger partial charge in [0.1, 0.15) is 5.82 Å². The summed E-state index contributed by atoms with van der Waals surface area (Å²) in [7, 11) is 0. The first-order valence-electron chi connectivity index (χ1n) is 5.86. The third-order valence-electron chi connectivity index (χ3n) is 2.77. The van der Waals surface area contributed by atoms with Gasteiger partial charge in [-0.25, -0.2) is 14.8 Å². The molecule has 0 saturated heterocycles. The Kier molecular flexibility index (Phi) is 3.46. The number of hydrogen-bond acceptors (Lipinski definition) is 5. The molecular formula is C12H14N4O3. The number of nitrogens with one attached hydrogen (secondary N) is 1. The summed E-state index contributed by atoms with van der Waals surface area (Å²) in [4.78, 5) is 33.5. The van der Waals surface area contributed by atoms with Gasteiger partial charge in [0, 0.05) is 6.20 Å². The van der Waals surface area contributed by atoms with Gasteiger partial charge in [-0.05, 0) is 19.4 Å². The van der Waals surface area contributed by atoms with E-state index in [1.165, 1.54) is 0 Å². The van der Waals surface area contributed by atoms with Crippen molar-refractivity contribution >= 4 is 0 Å². The van der Waals surface area contributed by atoms with E-state index in [0.717, 1.165) is 4.57 Å². The quantitative estimate of drug-likeness (QED) is 0.807. The van der Waals surface area contributed by atoms with Crippen molar-refractivity contribution < 1.29 is 5.11 Å². The predicted octanol–water partition coefficient (Wildman–Crippen LogP) is -0.0487. The van der Waals surface area contributed by atoms with Crippen LogP contribution in [-0.4, -0.2) is 24.6 Å². The first kappa shape index (κ1) is 13.0. The highest BCUT2D eigenvalue weighted by Crippen LogP contribution is 2.11. The Hall–Kier alpha value is -2.44. The standard InChI is InChI=1S/C12H14N4O3/c1-3-9-10(17)15-12(19)16(11(9)18)6-8-4-5-13-7(2)14-8/h4-5,18H,3,6H2,1-2H3,(H,15,17,19). The second-order valence-corrected chi connectivity index (χ2v) is 4.10. The van der Waals surface area contributed by atoms with Crippen molar-refractivity contribution in [3.8, 4) is 5.88 Å². The molecule has 2 aromatic heterocycles. The third-order valence-corrected chi connectivity index (χ3v) is 2.77. The van der Waals surface area contributed by atoms with Crippen LogP contribution in [0.3, 0.4) is 0 Å². The molecule has 2 heterocycles. The molecule has 2 aromatic rings. The van der Waals surface area contributed by atoms with Crippen molar-refractivity contribution in [2.75, 3.05) is 0 Å². The van der Waals surface area contributed by atoms with E-state index in [9.17, 15) is 14.7 Å². The molecule has 0 amide bonds. The Morgan fingerprint density at radius 3 is 2.79 bits per heavy atom. The van der Waals surface area contributed by atoms with Gasteiger partial charge in [0.25, 0.3) is 5.56 Å². The molecule has 0 fully saturated rings. The zero-order chi connectivity index (χ0) is 14.0. The maximum absolute atomic E-state index is 11.7. The van der Waals surface area contributed by atoms with E-state index in [2.05, 4.69) is 15.0 Å². The largest absolute Gasteiger partial charge is 0.494 e. The lowest BCUT2D eigenvalue weighted by molar-refractivity contribution is 0.401. The summed E-state index contributed by atoms with van der Waals surface area (Å²) in [6.45, 7) is 3.54. The molecule has 100 valence electrons. The van der Waals surface area contributed by atoms with E-state index in [0.29, 0.717) is 17.9 Å². The van der Waals surface area contributed by atoms with Gasteiger partial charge in [-0.3, -0.25) is 14.3 Å². The second kappa shape index (κ2) is 5.05. The van der Waals surface area contributed by atoms with Gasteiger partial charge in [-0.1, -0.05) is 6.92 Å².